The van der Waals surface area contributed by atoms with Crippen LogP contribution in [0.15, 0.2) is 24.4 Å². The molecule has 1 aromatic rings. The minimum Gasteiger partial charge on any atom is -0.344 e. The molecule has 2 aliphatic rings. The highest BCUT2D eigenvalue weighted by Crippen LogP contribution is 2.38. The zero-order valence-corrected chi connectivity index (χ0v) is 11.7. The van der Waals surface area contributed by atoms with Gasteiger partial charge in [0.1, 0.15) is 11.2 Å². The minimum atomic E-state index is -0.623. The number of pyridine rings is 1. The summed E-state index contributed by atoms with van der Waals surface area (Å²) in [5.74, 6) is -0.0303. The first-order chi connectivity index (χ1) is 9.65. The lowest BCUT2D eigenvalue weighted by Gasteiger charge is -2.43. The average molecular weight is 273 g/mol. The molecule has 0 aromatic carbocycles. The first-order valence-electron chi connectivity index (χ1n) is 7.14. The number of nitrogens with zero attached hydrogens (tertiary/aromatic N) is 3. The molecule has 1 atom stereocenters. The molecule has 1 spiro atoms. The summed E-state index contributed by atoms with van der Waals surface area (Å²) in [6.07, 6.45) is 5.00. The number of piperidine rings is 1. The lowest BCUT2D eigenvalue weighted by molar-refractivity contribution is -0.144. The van der Waals surface area contributed by atoms with Crippen molar-refractivity contribution in [2.75, 3.05) is 20.1 Å². The van der Waals surface area contributed by atoms with Crippen LogP contribution >= 0.6 is 0 Å². The molecule has 2 amide bonds. The smallest absolute Gasteiger partial charge is 0.273 e. The van der Waals surface area contributed by atoms with Gasteiger partial charge >= 0.3 is 0 Å². The molecule has 20 heavy (non-hydrogen) atoms. The van der Waals surface area contributed by atoms with Gasteiger partial charge in [-0.1, -0.05) is 6.07 Å². The summed E-state index contributed by atoms with van der Waals surface area (Å²) in [7, 11) is 1.82. The van der Waals surface area contributed by atoms with Gasteiger partial charge in [-0.3, -0.25) is 14.6 Å². The minimum absolute atomic E-state index is 0.0885. The quantitative estimate of drug-likeness (QED) is 0.775. The average Bonchev–Trinajstić information content (AvgIpc) is 2.89. The predicted octanol–water partition coefficient (Wildman–Crippen LogP) is 1.31. The molecule has 2 saturated heterocycles. The van der Waals surface area contributed by atoms with Gasteiger partial charge in [0.05, 0.1) is 0 Å². The Kier molecular flexibility index (Phi) is 3.20. The summed E-state index contributed by atoms with van der Waals surface area (Å²) in [6, 6.07) is 5.30. The van der Waals surface area contributed by atoms with E-state index in [4.69, 9.17) is 0 Å². The molecular weight excluding hydrogens is 254 g/mol. The van der Waals surface area contributed by atoms with Gasteiger partial charge < -0.3 is 9.80 Å². The lowest BCUT2D eigenvalue weighted by atomic mass is 9.85. The number of aromatic nitrogens is 1. The van der Waals surface area contributed by atoms with Crippen molar-refractivity contribution in [1.82, 2.24) is 14.8 Å². The van der Waals surface area contributed by atoms with Crippen LogP contribution in [0.25, 0.3) is 0 Å². The third-order valence-electron chi connectivity index (χ3n) is 4.45. The molecule has 106 valence electrons. The van der Waals surface area contributed by atoms with Crippen LogP contribution < -0.4 is 0 Å². The van der Waals surface area contributed by atoms with Crippen molar-refractivity contribution in [2.45, 2.75) is 31.2 Å². The van der Waals surface area contributed by atoms with Gasteiger partial charge in [0.15, 0.2) is 0 Å². The number of carbonyl (C=O) groups excluding carboxylic acids is 2. The Hall–Kier alpha value is -1.91. The van der Waals surface area contributed by atoms with Crippen LogP contribution in [-0.2, 0) is 4.79 Å². The third-order valence-corrected chi connectivity index (χ3v) is 4.45. The van der Waals surface area contributed by atoms with Crippen molar-refractivity contribution in [3.05, 3.63) is 30.1 Å². The second-order valence-corrected chi connectivity index (χ2v) is 5.64. The fourth-order valence-electron chi connectivity index (χ4n) is 3.46. The van der Waals surface area contributed by atoms with Crippen LogP contribution in [-0.4, -0.2) is 52.3 Å². The van der Waals surface area contributed by atoms with Crippen molar-refractivity contribution >= 4 is 11.8 Å². The maximum absolute atomic E-state index is 12.7. The molecule has 5 nitrogen and oxygen atoms in total. The number of likely N-dealkylation sites (N-methyl/N-ethyl adjacent to an activating group) is 1. The highest BCUT2D eigenvalue weighted by molar-refractivity contribution is 5.98. The molecular formula is C15H19N3O2. The summed E-state index contributed by atoms with van der Waals surface area (Å²) >= 11 is 0. The zero-order valence-electron chi connectivity index (χ0n) is 11.7. The number of rotatable bonds is 1. The Balaban J connectivity index is 1.93. The number of hydrogen-bond acceptors (Lipinski definition) is 3. The Morgan fingerprint density at radius 1 is 1.25 bits per heavy atom. The van der Waals surface area contributed by atoms with Crippen molar-refractivity contribution in [3.63, 3.8) is 0 Å². The van der Waals surface area contributed by atoms with Crippen molar-refractivity contribution in [3.8, 4) is 0 Å². The Labute approximate surface area is 118 Å². The molecule has 2 fully saturated rings. The molecule has 5 heteroatoms. The lowest BCUT2D eigenvalue weighted by Crippen LogP contribution is -2.60. The second kappa shape index (κ2) is 4.89. The van der Waals surface area contributed by atoms with Crippen LogP contribution in [0.3, 0.4) is 0 Å². The van der Waals surface area contributed by atoms with E-state index < -0.39 is 5.54 Å². The standard InChI is InChI=1S/C15H19N3O2/c1-17-10-4-7-15(14(17)20)8-5-11-18(15)13(19)12-6-2-3-9-16-12/h2-3,6,9H,4-5,7-8,10-11H2,1H3. The first kappa shape index (κ1) is 13.1. The van der Waals surface area contributed by atoms with Crippen molar-refractivity contribution in [2.24, 2.45) is 0 Å². The van der Waals surface area contributed by atoms with E-state index in [2.05, 4.69) is 4.98 Å². The van der Waals surface area contributed by atoms with Crippen molar-refractivity contribution < 1.29 is 9.59 Å². The van der Waals surface area contributed by atoms with E-state index in [0.29, 0.717) is 12.2 Å². The van der Waals surface area contributed by atoms with Crippen LogP contribution in [0.1, 0.15) is 36.2 Å². The SMILES string of the molecule is CN1CCCC2(CCCN2C(=O)c2ccccn2)C1=O. The van der Waals surface area contributed by atoms with Crippen LogP contribution in [0.5, 0.6) is 0 Å². The topological polar surface area (TPSA) is 53.5 Å². The highest BCUT2D eigenvalue weighted by atomic mass is 16.2. The summed E-state index contributed by atoms with van der Waals surface area (Å²) in [5, 5.41) is 0. The Bertz CT molecular complexity index is 531. The molecule has 0 saturated carbocycles. The van der Waals surface area contributed by atoms with E-state index in [-0.39, 0.29) is 11.8 Å². The first-order valence-corrected chi connectivity index (χ1v) is 7.14. The molecule has 1 unspecified atom stereocenters. The predicted molar refractivity (Wildman–Crippen MR) is 74.1 cm³/mol. The van der Waals surface area contributed by atoms with E-state index >= 15 is 0 Å². The number of carbonyl (C=O) groups is 2. The molecule has 1 aromatic heterocycles. The summed E-state index contributed by atoms with van der Waals surface area (Å²) < 4.78 is 0. The van der Waals surface area contributed by atoms with Gasteiger partial charge in [-0.15, -0.1) is 0 Å². The van der Waals surface area contributed by atoms with Gasteiger partial charge in [-0.05, 0) is 37.8 Å². The summed E-state index contributed by atoms with van der Waals surface area (Å²) in [4.78, 5) is 32.9. The Morgan fingerprint density at radius 2 is 2.00 bits per heavy atom. The van der Waals surface area contributed by atoms with E-state index in [1.54, 1.807) is 34.2 Å². The normalized spacial score (nSPS) is 26.4. The molecule has 2 aliphatic heterocycles. The maximum atomic E-state index is 12.7. The molecule has 0 radical (unpaired) electrons. The number of likely N-dealkylation sites (tertiary alicyclic amines) is 2. The van der Waals surface area contributed by atoms with E-state index in [1.165, 1.54) is 0 Å². The van der Waals surface area contributed by atoms with Gasteiger partial charge in [0.25, 0.3) is 5.91 Å². The van der Waals surface area contributed by atoms with Crippen LogP contribution in [0.2, 0.25) is 0 Å². The third kappa shape index (κ3) is 1.88. The van der Waals surface area contributed by atoms with Crippen LogP contribution in [0.4, 0.5) is 0 Å². The maximum Gasteiger partial charge on any atom is 0.273 e. The molecule has 3 heterocycles. The Morgan fingerprint density at radius 3 is 2.70 bits per heavy atom. The van der Waals surface area contributed by atoms with E-state index in [0.717, 1.165) is 32.2 Å². The zero-order chi connectivity index (χ0) is 14.2. The summed E-state index contributed by atoms with van der Waals surface area (Å²) in [5.41, 5.74) is -0.198. The second-order valence-electron chi connectivity index (χ2n) is 5.64. The number of hydrogen-bond donors (Lipinski definition) is 0. The molecule has 0 N–H and O–H groups in total. The number of amides is 2. The summed E-state index contributed by atoms with van der Waals surface area (Å²) in [6.45, 7) is 1.43. The van der Waals surface area contributed by atoms with Gasteiger partial charge in [-0.25, -0.2) is 0 Å². The highest BCUT2D eigenvalue weighted by Gasteiger charge is 2.52. The fraction of sp³-hybridized carbons (Fsp3) is 0.533. The van der Waals surface area contributed by atoms with Crippen molar-refractivity contribution in [1.29, 1.82) is 0 Å². The molecule has 0 aliphatic carbocycles. The van der Waals surface area contributed by atoms with E-state index in [1.807, 2.05) is 7.05 Å². The van der Waals surface area contributed by atoms with Gasteiger partial charge in [-0.2, -0.15) is 0 Å². The molecule has 3 rings (SSSR count). The van der Waals surface area contributed by atoms with Crippen LogP contribution in [0, 0.1) is 0 Å². The van der Waals surface area contributed by atoms with E-state index in [9.17, 15) is 9.59 Å². The van der Waals surface area contributed by atoms with Gasteiger partial charge in [0.2, 0.25) is 5.91 Å². The fourth-order valence-corrected chi connectivity index (χ4v) is 3.46. The molecule has 0 bridgehead atoms. The van der Waals surface area contributed by atoms with Gasteiger partial charge in [0, 0.05) is 26.3 Å². The largest absolute Gasteiger partial charge is 0.344 e. The monoisotopic (exact) mass is 273 g/mol.